The third-order valence-corrected chi connectivity index (χ3v) is 3.08. The van der Waals surface area contributed by atoms with Crippen molar-refractivity contribution in [2.45, 2.75) is 19.8 Å². The average Bonchev–Trinajstić information content (AvgIpc) is 3.23. The third kappa shape index (κ3) is 3.14. The molecule has 1 saturated carbocycles. The van der Waals surface area contributed by atoms with Crippen molar-refractivity contribution in [1.82, 2.24) is 4.98 Å². The van der Waals surface area contributed by atoms with E-state index in [-0.39, 0.29) is 28.8 Å². The molecule has 0 radical (unpaired) electrons. The van der Waals surface area contributed by atoms with Crippen molar-refractivity contribution in [3.05, 3.63) is 39.3 Å². The molecule has 0 spiro atoms. The Labute approximate surface area is 119 Å². The van der Waals surface area contributed by atoms with E-state index in [2.05, 4.69) is 10.3 Å². The van der Waals surface area contributed by atoms with E-state index < -0.39 is 10.8 Å². The maximum Gasteiger partial charge on any atom is 0.290 e. The number of allylic oxidation sites excluding steroid dienone is 1. The maximum atomic E-state index is 11.9. The van der Waals surface area contributed by atoms with Crippen molar-refractivity contribution in [3.8, 4) is 6.07 Å². The number of nitrogens with one attached hydrogen (secondary N) is 1. The zero-order valence-electron chi connectivity index (χ0n) is 11.2. The van der Waals surface area contributed by atoms with Crippen LogP contribution in [-0.2, 0) is 4.79 Å². The van der Waals surface area contributed by atoms with Crippen LogP contribution in [0.4, 0.5) is 11.5 Å². The van der Waals surface area contributed by atoms with Crippen LogP contribution in [-0.4, -0.2) is 20.9 Å². The average molecular weight is 288 g/mol. The molecule has 21 heavy (non-hydrogen) atoms. The Bertz CT molecular complexity index is 686. The Balaban J connectivity index is 2.20. The normalized spacial score (nSPS) is 14.9. The highest BCUT2D eigenvalue weighted by Gasteiger charge is 2.31. The highest BCUT2D eigenvalue weighted by Crippen LogP contribution is 2.36. The summed E-state index contributed by atoms with van der Waals surface area (Å²) >= 11 is 0. The molecule has 1 heterocycles. The smallest absolute Gasteiger partial charge is 0.290 e. The monoisotopic (exact) mass is 288 g/mol. The molecule has 1 aliphatic rings. The van der Waals surface area contributed by atoms with Crippen LogP contribution in [0.5, 0.6) is 0 Å². The van der Waals surface area contributed by atoms with Crippen LogP contribution < -0.4 is 5.32 Å². The number of hydrogen-bond donors (Lipinski definition) is 2. The number of nitrogens with zero attached hydrogens (tertiary/aromatic N) is 3. The lowest BCUT2D eigenvalue weighted by Gasteiger charge is -2.06. The van der Waals surface area contributed by atoms with E-state index >= 15 is 0 Å². The molecule has 0 atom stereocenters. The number of pyridine rings is 1. The molecular formula is C13H12N4O4. The van der Waals surface area contributed by atoms with Gasteiger partial charge in [0.05, 0.1) is 4.92 Å². The van der Waals surface area contributed by atoms with Gasteiger partial charge >= 0.3 is 0 Å². The third-order valence-electron chi connectivity index (χ3n) is 3.08. The van der Waals surface area contributed by atoms with E-state index in [0.717, 1.165) is 19.0 Å². The number of aryl methyl sites for hydroxylation is 1. The summed E-state index contributed by atoms with van der Waals surface area (Å²) in [7, 11) is 0. The Morgan fingerprint density at radius 2 is 2.29 bits per heavy atom. The van der Waals surface area contributed by atoms with Crippen molar-refractivity contribution in [2.75, 3.05) is 5.32 Å². The second-order valence-electron chi connectivity index (χ2n) is 4.71. The van der Waals surface area contributed by atoms with Gasteiger partial charge in [-0.05, 0) is 25.8 Å². The van der Waals surface area contributed by atoms with Gasteiger partial charge in [-0.1, -0.05) is 0 Å². The van der Waals surface area contributed by atoms with Crippen LogP contribution in [0, 0.1) is 34.3 Å². The molecule has 1 aromatic heterocycles. The molecule has 8 heteroatoms. The Morgan fingerprint density at radius 3 is 2.76 bits per heavy atom. The fourth-order valence-electron chi connectivity index (χ4n) is 1.77. The van der Waals surface area contributed by atoms with Gasteiger partial charge in [0.15, 0.2) is 5.57 Å². The molecule has 0 aliphatic heterocycles. The van der Waals surface area contributed by atoms with Crippen molar-refractivity contribution in [2.24, 2.45) is 5.92 Å². The summed E-state index contributed by atoms with van der Waals surface area (Å²) in [6, 6.07) is 3.00. The number of aliphatic hydroxyl groups is 1. The number of nitriles is 1. The number of aliphatic hydroxyl groups excluding tert-OH is 1. The van der Waals surface area contributed by atoms with Crippen molar-refractivity contribution in [1.29, 1.82) is 5.26 Å². The predicted octanol–water partition coefficient (Wildman–Crippen LogP) is 1.98. The lowest BCUT2D eigenvalue weighted by molar-refractivity contribution is -0.385. The van der Waals surface area contributed by atoms with Gasteiger partial charge in [-0.3, -0.25) is 14.9 Å². The Kier molecular flexibility index (Phi) is 3.84. The molecule has 8 nitrogen and oxygen atoms in total. The van der Waals surface area contributed by atoms with Gasteiger partial charge in [0, 0.05) is 11.5 Å². The molecule has 0 unspecified atom stereocenters. The summed E-state index contributed by atoms with van der Waals surface area (Å²) < 4.78 is 0. The van der Waals surface area contributed by atoms with E-state index in [4.69, 9.17) is 5.26 Å². The molecular weight excluding hydrogens is 276 g/mol. The van der Waals surface area contributed by atoms with Gasteiger partial charge in [0.25, 0.3) is 11.6 Å². The minimum Gasteiger partial charge on any atom is -0.510 e. The van der Waals surface area contributed by atoms with Crippen LogP contribution in [0.2, 0.25) is 0 Å². The standard InChI is InChI=1S/C13H12N4O4/c1-7-4-11(15-6-10(7)17(20)21)16-13(19)9(5-14)12(18)8-2-3-8/h4,6,8,18H,2-3H2,1H3,(H,15,16,19). The maximum absolute atomic E-state index is 11.9. The minimum atomic E-state index is -0.775. The molecule has 108 valence electrons. The fourth-order valence-corrected chi connectivity index (χ4v) is 1.77. The lowest BCUT2D eigenvalue weighted by atomic mass is 10.1. The molecule has 0 aromatic carbocycles. The van der Waals surface area contributed by atoms with Crippen LogP contribution in [0.3, 0.4) is 0 Å². The summed E-state index contributed by atoms with van der Waals surface area (Å²) in [6.07, 6.45) is 2.53. The highest BCUT2D eigenvalue weighted by molar-refractivity contribution is 6.06. The molecule has 0 bridgehead atoms. The first kappa shape index (κ1) is 14.5. The molecule has 1 aromatic rings. The van der Waals surface area contributed by atoms with Crippen LogP contribution >= 0.6 is 0 Å². The Morgan fingerprint density at radius 1 is 1.62 bits per heavy atom. The van der Waals surface area contributed by atoms with Gasteiger partial charge in [0.1, 0.15) is 23.8 Å². The highest BCUT2D eigenvalue weighted by atomic mass is 16.6. The van der Waals surface area contributed by atoms with E-state index in [1.807, 2.05) is 0 Å². The summed E-state index contributed by atoms with van der Waals surface area (Å²) in [5.41, 5.74) is -0.181. The topological polar surface area (TPSA) is 129 Å². The lowest BCUT2D eigenvalue weighted by Crippen LogP contribution is -2.17. The molecule has 0 saturated heterocycles. The second-order valence-corrected chi connectivity index (χ2v) is 4.71. The summed E-state index contributed by atoms with van der Waals surface area (Å²) in [4.78, 5) is 25.8. The fraction of sp³-hybridized carbons (Fsp3) is 0.308. The second kappa shape index (κ2) is 5.58. The minimum absolute atomic E-state index is 0.0828. The molecule has 1 fully saturated rings. The summed E-state index contributed by atoms with van der Waals surface area (Å²) in [6.45, 7) is 1.51. The summed E-state index contributed by atoms with van der Waals surface area (Å²) in [5, 5.41) is 31.7. The number of hydrogen-bond acceptors (Lipinski definition) is 6. The van der Waals surface area contributed by atoms with Gasteiger partial charge in [-0.25, -0.2) is 4.98 Å². The van der Waals surface area contributed by atoms with Crippen LogP contribution in [0.15, 0.2) is 23.6 Å². The first-order valence-electron chi connectivity index (χ1n) is 6.19. The quantitative estimate of drug-likeness (QED) is 0.286. The van der Waals surface area contributed by atoms with E-state index in [1.165, 1.54) is 13.0 Å². The van der Waals surface area contributed by atoms with Gasteiger partial charge in [-0.2, -0.15) is 5.26 Å². The number of rotatable bonds is 4. The number of amides is 1. The number of carbonyl (C=O) groups excluding carboxylic acids is 1. The van der Waals surface area contributed by atoms with Gasteiger partial charge in [-0.15, -0.1) is 0 Å². The largest absolute Gasteiger partial charge is 0.510 e. The molecule has 2 rings (SSSR count). The van der Waals surface area contributed by atoms with Crippen LogP contribution in [0.25, 0.3) is 0 Å². The summed E-state index contributed by atoms with van der Waals surface area (Å²) in [5.74, 6) is -1.03. The van der Waals surface area contributed by atoms with Crippen molar-refractivity contribution in [3.63, 3.8) is 0 Å². The first-order valence-corrected chi connectivity index (χ1v) is 6.19. The Hall–Kier alpha value is -2.95. The number of aromatic nitrogens is 1. The number of anilines is 1. The van der Waals surface area contributed by atoms with E-state index in [0.29, 0.717) is 5.56 Å². The zero-order valence-corrected chi connectivity index (χ0v) is 11.2. The number of carbonyl (C=O) groups is 1. The van der Waals surface area contributed by atoms with E-state index in [9.17, 15) is 20.0 Å². The zero-order chi connectivity index (χ0) is 15.6. The molecule has 2 N–H and O–H groups in total. The van der Waals surface area contributed by atoms with Crippen molar-refractivity contribution < 1.29 is 14.8 Å². The SMILES string of the molecule is Cc1cc(NC(=O)C(C#N)=C(O)C2CC2)ncc1[N+](=O)[O-]. The number of nitro groups is 1. The molecule has 1 amide bonds. The van der Waals surface area contributed by atoms with Crippen LogP contribution in [0.1, 0.15) is 18.4 Å². The van der Waals surface area contributed by atoms with E-state index in [1.54, 1.807) is 6.07 Å². The van der Waals surface area contributed by atoms with Gasteiger partial charge < -0.3 is 10.4 Å². The van der Waals surface area contributed by atoms with Gasteiger partial charge in [0.2, 0.25) is 0 Å². The molecule has 1 aliphatic carbocycles. The van der Waals surface area contributed by atoms with Crippen molar-refractivity contribution >= 4 is 17.4 Å². The predicted molar refractivity (Wildman–Crippen MR) is 72.2 cm³/mol. The first-order chi connectivity index (χ1) is 9.93.